The minimum atomic E-state index is -1.47. The van der Waals surface area contributed by atoms with Gasteiger partial charge in [-0.25, -0.2) is 0 Å². The van der Waals surface area contributed by atoms with Gasteiger partial charge in [0.1, 0.15) is 0 Å². The monoisotopic (exact) mass is 288 g/mol. The Bertz CT molecular complexity index is 217. The third kappa shape index (κ3) is 7.07. The van der Waals surface area contributed by atoms with Crippen LogP contribution in [0, 0.1) is 0 Å². The van der Waals surface area contributed by atoms with E-state index < -0.39 is 16.6 Å². The molecule has 2 unspecified atom stereocenters. The fourth-order valence-electron chi connectivity index (χ4n) is 2.59. The van der Waals surface area contributed by atoms with Crippen molar-refractivity contribution in [3.63, 3.8) is 0 Å². The van der Waals surface area contributed by atoms with E-state index >= 15 is 0 Å². The van der Waals surface area contributed by atoms with Gasteiger partial charge in [0, 0.05) is 0 Å². The van der Waals surface area contributed by atoms with Crippen LogP contribution in [0.25, 0.3) is 0 Å². The molecule has 0 amide bonds. The van der Waals surface area contributed by atoms with Gasteiger partial charge in [-0.15, -0.1) is 0 Å². The van der Waals surface area contributed by atoms with Crippen LogP contribution >= 0.6 is 0 Å². The van der Waals surface area contributed by atoms with E-state index in [2.05, 4.69) is 39.3 Å². The summed E-state index contributed by atoms with van der Waals surface area (Å²) >= 11 is 0. The Morgan fingerprint density at radius 3 is 1.22 bits per heavy atom. The van der Waals surface area contributed by atoms with Crippen LogP contribution in [-0.4, -0.2) is 28.8 Å². The van der Waals surface area contributed by atoms with Crippen LogP contribution in [0.15, 0.2) is 0 Å². The van der Waals surface area contributed by atoms with E-state index in [1.807, 2.05) is 0 Å². The van der Waals surface area contributed by atoms with Crippen LogP contribution in [-0.2, 0) is 8.85 Å². The van der Waals surface area contributed by atoms with E-state index in [0.717, 1.165) is 0 Å². The summed E-state index contributed by atoms with van der Waals surface area (Å²) in [4.78, 5) is 0. The molecule has 1 saturated carbocycles. The molecule has 0 aliphatic heterocycles. The second kappa shape index (κ2) is 6.68. The standard InChI is InChI=1S/C14H32O2Si2/c1-17(2,3)15-13-11-9-7-8-10-12-14(13)16-18(4,5)6/h13-14H,7-12H2,1-6H3. The van der Waals surface area contributed by atoms with Crippen molar-refractivity contribution in [2.24, 2.45) is 0 Å². The Kier molecular flexibility index (Phi) is 6.09. The van der Waals surface area contributed by atoms with E-state index in [1.165, 1.54) is 38.5 Å². The Morgan fingerprint density at radius 1 is 0.611 bits per heavy atom. The molecule has 4 heteroatoms. The highest BCUT2D eigenvalue weighted by atomic mass is 28.4. The molecule has 0 aromatic heterocycles. The van der Waals surface area contributed by atoms with Gasteiger partial charge in [-0.3, -0.25) is 0 Å². The molecular weight excluding hydrogens is 256 g/mol. The first-order chi connectivity index (χ1) is 8.17. The lowest BCUT2D eigenvalue weighted by Crippen LogP contribution is -2.45. The second-order valence-electron chi connectivity index (χ2n) is 7.53. The van der Waals surface area contributed by atoms with Gasteiger partial charge >= 0.3 is 0 Å². The van der Waals surface area contributed by atoms with Crippen molar-refractivity contribution in [2.45, 2.75) is 90.0 Å². The van der Waals surface area contributed by atoms with Gasteiger partial charge in [0.25, 0.3) is 0 Å². The smallest absolute Gasteiger partial charge is 0.184 e. The summed E-state index contributed by atoms with van der Waals surface area (Å²) in [5.74, 6) is 0. The molecule has 0 saturated heterocycles. The van der Waals surface area contributed by atoms with Crippen molar-refractivity contribution in [3.05, 3.63) is 0 Å². The average Bonchev–Trinajstić information content (AvgIpc) is 2.12. The van der Waals surface area contributed by atoms with E-state index in [-0.39, 0.29) is 0 Å². The Labute approximate surface area is 116 Å². The lowest BCUT2D eigenvalue weighted by molar-refractivity contribution is 0.0258. The normalized spacial score (nSPS) is 27.7. The van der Waals surface area contributed by atoms with E-state index in [0.29, 0.717) is 12.2 Å². The van der Waals surface area contributed by atoms with Crippen LogP contribution in [0.3, 0.4) is 0 Å². The molecular formula is C14H32O2Si2. The highest BCUT2D eigenvalue weighted by molar-refractivity contribution is 6.70. The molecule has 1 fully saturated rings. The zero-order valence-electron chi connectivity index (χ0n) is 13.2. The summed E-state index contributed by atoms with van der Waals surface area (Å²) in [6.45, 7) is 13.7. The summed E-state index contributed by atoms with van der Waals surface area (Å²) in [7, 11) is -2.93. The van der Waals surface area contributed by atoms with Crippen molar-refractivity contribution < 1.29 is 8.85 Å². The molecule has 0 spiro atoms. The fraction of sp³-hybridized carbons (Fsp3) is 1.00. The first-order valence-electron chi connectivity index (χ1n) is 7.53. The lowest BCUT2D eigenvalue weighted by Gasteiger charge is -2.37. The summed E-state index contributed by atoms with van der Waals surface area (Å²) in [5, 5.41) is 0. The van der Waals surface area contributed by atoms with Crippen molar-refractivity contribution in [3.8, 4) is 0 Å². The Balaban J connectivity index is 2.69. The first kappa shape index (κ1) is 16.4. The van der Waals surface area contributed by atoms with Gasteiger partial charge in [0.2, 0.25) is 0 Å². The van der Waals surface area contributed by atoms with Crippen molar-refractivity contribution in [1.29, 1.82) is 0 Å². The Hall–Kier alpha value is 0.354. The second-order valence-corrected chi connectivity index (χ2v) is 16.4. The molecule has 1 rings (SSSR count). The third-order valence-corrected chi connectivity index (χ3v) is 5.17. The molecule has 18 heavy (non-hydrogen) atoms. The fourth-order valence-corrected chi connectivity index (χ4v) is 4.95. The quantitative estimate of drug-likeness (QED) is 0.693. The zero-order chi connectivity index (χ0) is 13.8. The maximum absolute atomic E-state index is 6.41. The van der Waals surface area contributed by atoms with Crippen molar-refractivity contribution >= 4 is 16.6 Å². The summed E-state index contributed by atoms with van der Waals surface area (Å²) in [6, 6.07) is 0. The molecule has 108 valence electrons. The highest BCUT2D eigenvalue weighted by Gasteiger charge is 2.32. The lowest BCUT2D eigenvalue weighted by atomic mass is 9.96. The van der Waals surface area contributed by atoms with Crippen LogP contribution in [0.4, 0.5) is 0 Å². The van der Waals surface area contributed by atoms with Gasteiger partial charge in [-0.2, -0.15) is 0 Å². The molecule has 0 bridgehead atoms. The Morgan fingerprint density at radius 2 is 0.944 bits per heavy atom. The van der Waals surface area contributed by atoms with Gasteiger partial charge in [-0.05, 0) is 52.1 Å². The molecule has 0 radical (unpaired) electrons. The van der Waals surface area contributed by atoms with Crippen LogP contribution < -0.4 is 0 Å². The molecule has 1 aliphatic rings. The average molecular weight is 289 g/mol. The summed E-state index contributed by atoms with van der Waals surface area (Å²) in [6.07, 6.45) is 8.43. The molecule has 0 aromatic carbocycles. The SMILES string of the molecule is C[Si](C)(C)OC1CCCCCCC1O[Si](C)(C)C. The molecule has 0 N–H and O–H groups in total. The van der Waals surface area contributed by atoms with Crippen molar-refractivity contribution in [1.82, 2.24) is 0 Å². The predicted octanol–water partition coefficient (Wildman–Crippen LogP) is 4.78. The van der Waals surface area contributed by atoms with E-state index in [1.54, 1.807) is 0 Å². The molecule has 2 atom stereocenters. The molecule has 0 heterocycles. The van der Waals surface area contributed by atoms with Crippen molar-refractivity contribution in [2.75, 3.05) is 0 Å². The minimum Gasteiger partial charge on any atom is -0.412 e. The third-order valence-electron chi connectivity index (χ3n) is 3.15. The largest absolute Gasteiger partial charge is 0.412 e. The molecule has 2 nitrogen and oxygen atoms in total. The van der Waals surface area contributed by atoms with Gasteiger partial charge in [-0.1, -0.05) is 25.7 Å². The maximum atomic E-state index is 6.41. The van der Waals surface area contributed by atoms with E-state index in [4.69, 9.17) is 8.85 Å². The van der Waals surface area contributed by atoms with Gasteiger partial charge < -0.3 is 8.85 Å². The number of rotatable bonds is 4. The molecule has 0 aromatic rings. The minimum absolute atomic E-state index is 0.351. The topological polar surface area (TPSA) is 18.5 Å². The predicted molar refractivity (Wildman–Crippen MR) is 84.1 cm³/mol. The summed E-state index contributed by atoms with van der Waals surface area (Å²) in [5.41, 5.74) is 0. The van der Waals surface area contributed by atoms with Crippen LogP contribution in [0.1, 0.15) is 38.5 Å². The first-order valence-corrected chi connectivity index (χ1v) is 14.3. The van der Waals surface area contributed by atoms with Gasteiger partial charge in [0.15, 0.2) is 16.6 Å². The van der Waals surface area contributed by atoms with E-state index in [9.17, 15) is 0 Å². The maximum Gasteiger partial charge on any atom is 0.184 e. The number of hydrogen-bond donors (Lipinski definition) is 0. The van der Waals surface area contributed by atoms with Crippen LogP contribution in [0.2, 0.25) is 39.3 Å². The highest BCUT2D eigenvalue weighted by Crippen LogP contribution is 2.27. The summed E-state index contributed by atoms with van der Waals surface area (Å²) < 4.78 is 12.8. The van der Waals surface area contributed by atoms with Gasteiger partial charge in [0.05, 0.1) is 12.2 Å². The zero-order valence-corrected chi connectivity index (χ0v) is 15.2. The van der Waals surface area contributed by atoms with Crippen LogP contribution in [0.5, 0.6) is 0 Å². The molecule has 1 aliphatic carbocycles. The number of hydrogen-bond acceptors (Lipinski definition) is 2.